The highest BCUT2D eigenvalue weighted by Crippen LogP contribution is 2.53. The molecule has 2 heterocycles. The number of piperidine rings is 1. The number of hydrogen-bond acceptors (Lipinski definition) is 3. The molecule has 1 aromatic heterocycles. The van der Waals surface area contributed by atoms with E-state index in [1.54, 1.807) is 6.20 Å². The van der Waals surface area contributed by atoms with Gasteiger partial charge in [0.2, 0.25) is 0 Å². The van der Waals surface area contributed by atoms with Gasteiger partial charge in [0.05, 0.1) is 6.20 Å². The minimum atomic E-state index is 0.103. The molecule has 5 aliphatic rings. The van der Waals surface area contributed by atoms with E-state index in [4.69, 9.17) is 0 Å². The first kappa shape index (κ1) is 15.7. The summed E-state index contributed by atoms with van der Waals surface area (Å²) < 4.78 is 1.89. The number of aromatic nitrogens is 2. The molecule has 5 nitrogen and oxygen atoms in total. The second kappa shape index (κ2) is 6.03. The van der Waals surface area contributed by atoms with E-state index in [1.807, 2.05) is 11.7 Å². The van der Waals surface area contributed by atoms with Crippen LogP contribution in [-0.4, -0.2) is 34.8 Å². The van der Waals surface area contributed by atoms with Crippen molar-refractivity contribution in [2.75, 3.05) is 18.0 Å². The van der Waals surface area contributed by atoms with E-state index in [2.05, 4.69) is 15.3 Å². The molecule has 136 valence electrons. The zero-order chi connectivity index (χ0) is 17.0. The fraction of sp³-hybridized carbons (Fsp3) is 0.800. The van der Waals surface area contributed by atoms with Gasteiger partial charge >= 0.3 is 0 Å². The third kappa shape index (κ3) is 2.67. The van der Waals surface area contributed by atoms with Crippen LogP contribution >= 0.6 is 0 Å². The Balaban J connectivity index is 1.35. The Kier molecular flexibility index (Phi) is 3.79. The van der Waals surface area contributed by atoms with Crippen molar-refractivity contribution in [3.05, 3.63) is 11.8 Å². The number of amides is 1. The molecular weight excluding hydrogens is 312 g/mol. The Morgan fingerprint density at radius 1 is 1.04 bits per heavy atom. The molecule has 0 aromatic carbocycles. The molecule has 5 heteroatoms. The largest absolute Gasteiger partial charge is 0.356 e. The van der Waals surface area contributed by atoms with Crippen LogP contribution in [0.5, 0.6) is 0 Å². The number of nitrogens with zero attached hydrogens (tertiary/aromatic N) is 3. The summed E-state index contributed by atoms with van der Waals surface area (Å²) in [6, 6.07) is 0.398. The standard InChI is InChI=1S/C20H30N4O/c1-23-20(24-5-3-2-4-6-24)17(12-21-23)19(25)22-18-15-8-13-7-14(10-15)11-16(18)9-13/h12-16,18H,2-11H2,1H3,(H,22,25). The molecule has 5 fully saturated rings. The van der Waals surface area contributed by atoms with Gasteiger partial charge in [0.15, 0.2) is 0 Å². The Bertz CT molecular complexity index is 633. The van der Waals surface area contributed by atoms with Crippen molar-refractivity contribution in [2.45, 2.75) is 57.4 Å². The van der Waals surface area contributed by atoms with Crippen molar-refractivity contribution >= 4 is 11.7 Å². The summed E-state index contributed by atoms with van der Waals surface area (Å²) in [5.41, 5.74) is 0.776. The third-order valence-corrected chi connectivity index (χ3v) is 7.33. The monoisotopic (exact) mass is 342 g/mol. The van der Waals surface area contributed by atoms with Crippen molar-refractivity contribution < 1.29 is 4.79 Å². The van der Waals surface area contributed by atoms with Gasteiger partial charge in [-0.1, -0.05) is 0 Å². The maximum Gasteiger partial charge on any atom is 0.256 e. The molecule has 4 bridgehead atoms. The molecule has 0 radical (unpaired) electrons. The fourth-order valence-corrected chi connectivity index (χ4v) is 6.46. The number of rotatable bonds is 3. The van der Waals surface area contributed by atoms with Crippen molar-refractivity contribution in [3.63, 3.8) is 0 Å². The molecule has 4 saturated carbocycles. The van der Waals surface area contributed by atoms with Gasteiger partial charge in [-0.15, -0.1) is 0 Å². The first-order valence-corrected chi connectivity index (χ1v) is 10.3. The fourth-order valence-electron chi connectivity index (χ4n) is 6.46. The summed E-state index contributed by atoms with van der Waals surface area (Å²) >= 11 is 0. The summed E-state index contributed by atoms with van der Waals surface area (Å²) in [5.74, 6) is 4.44. The van der Waals surface area contributed by atoms with Crippen molar-refractivity contribution in [2.24, 2.45) is 30.7 Å². The lowest BCUT2D eigenvalue weighted by molar-refractivity contribution is -0.0119. The highest BCUT2D eigenvalue weighted by atomic mass is 16.1. The molecule has 1 aromatic rings. The van der Waals surface area contributed by atoms with E-state index in [1.165, 1.54) is 51.4 Å². The first-order valence-electron chi connectivity index (χ1n) is 10.3. The van der Waals surface area contributed by atoms with E-state index in [0.717, 1.165) is 48.1 Å². The smallest absolute Gasteiger partial charge is 0.256 e. The first-order chi connectivity index (χ1) is 12.2. The zero-order valence-corrected chi connectivity index (χ0v) is 15.3. The number of nitrogens with one attached hydrogen (secondary N) is 1. The van der Waals surface area contributed by atoms with E-state index in [-0.39, 0.29) is 5.91 Å². The minimum absolute atomic E-state index is 0.103. The predicted molar refractivity (Wildman–Crippen MR) is 97.6 cm³/mol. The summed E-state index contributed by atoms with van der Waals surface area (Å²) in [6.07, 6.45) is 12.3. The van der Waals surface area contributed by atoms with Gasteiger partial charge in [0, 0.05) is 26.2 Å². The molecule has 0 atom stereocenters. The predicted octanol–water partition coefficient (Wildman–Crippen LogP) is 2.96. The van der Waals surface area contributed by atoms with Gasteiger partial charge in [-0.2, -0.15) is 5.10 Å². The van der Waals surface area contributed by atoms with Gasteiger partial charge in [-0.3, -0.25) is 9.48 Å². The van der Waals surface area contributed by atoms with E-state index >= 15 is 0 Å². The normalized spacial score (nSPS) is 36.7. The molecular formula is C20H30N4O. The van der Waals surface area contributed by atoms with E-state index < -0.39 is 0 Å². The zero-order valence-electron chi connectivity index (χ0n) is 15.3. The van der Waals surface area contributed by atoms with Crippen LogP contribution in [0.1, 0.15) is 61.7 Å². The van der Waals surface area contributed by atoms with E-state index in [9.17, 15) is 4.79 Å². The van der Waals surface area contributed by atoms with Crippen LogP contribution in [0.2, 0.25) is 0 Å². The van der Waals surface area contributed by atoms with Gasteiger partial charge in [0.1, 0.15) is 11.4 Å². The Morgan fingerprint density at radius 3 is 2.32 bits per heavy atom. The van der Waals surface area contributed by atoms with Crippen LogP contribution in [0.3, 0.4) is 0 Å². The number of hydrogen-bond donors (Lipinski definition) is 1. The molecule has 1 saturated heterocycles. The molecule has 1 amide bonds. The molecule has 1 aliphatic heterocycles. The average molecular weight is 342 g/mol. The van der Waals surface area contributed by atoms with Gasteiger partial charge in [-0.25, -0.2) is 0 Å². The van der Waals surface area contributed by atoms with Crippen molar-refractivity contribution in [1.82, 2.24) is 15.1 Å². The maximum atomic E-state index is 13.1. The second-order valence-corrected chi connectivity index (χ2v) is 8.98. The summed E-state index contributed by atoms with van der Waals surface area (Å²) in [5, 5.41) is 7.86. The van der Waals surface area contributed by atoms with Crippen LogP contribution in [0, 0.1) is 23.7 Å². The molecule has 6 rings (SSSR count). The lowest BCUT2D eigenvalue weighted by Gasteiger charge is -2.54. The Hall–Kier alpha value is -1.52. The van der Waals surface area contributed by atoms with E-state index in [0.29, 0.717) is 6.04 Å². The van der Waals surface area contributed by atoms with Crippen molar-refractivity contribution in [3.8, 4) is 0 Å². The SMILES string of the molecule is Cn1ncc(C(=O)NC2C3CC4CC(C3)CC2C4)c1N1CCCCC1. The van der Waals surface area contributed by atoms with Crippen molar-refractivity contribution in [1.29, 1.82) is 0 Å². The molecule has 4 aliphatic carbocycles. The van der Waals surface area contributed by atoms with Crippen LogP contribution in [0.25, 0.3) is 0 Å². The van der Waals surface area contributed by atoms with Gasteiger partial charge < -0.3 is 10.2 Å². The quantitative estimate of drug-likeness (QED) is 0.919. The molecule has 25 heavy (non-hydrogen) atoms. The lowest BCUT2D eigenvalue weighted by Crippen LogP contribution is -2.55. The summed E-state index contributed by atoms with van der Waals surface area (Å²) in [4.78, 5) is 15.5. The molecule has 1 N–H and O–H groups in total. The summed E-state index contributed by atoms with van der Waals surface area (Å²) in [6.45, 7) is 2.08. The number of carbonyl (C=O) groups is 1. The maximum absolute atomic E-state index is 13.1. The minimum Gasteiger partial charge on any atom is -0.356 e. The topological polar surface area (TPSA) is 50.2 Å². The van der Waals surface area contributed by atoms with Gasteiger partial charge in [-0.05, 0) is 75.0 Å². The van der Waals surface area contributed by atoms with Crippen LogP contribution in [0.4, 0.5) is 5.82 Å². The Morgan fingerprint density at radius 2 is 1.68 bits per heavy atom. The molecule has 0 spiro atoms. The van der Waals surface area contributed by atoms with Crippen LogP contribution < -0.4 is 10.2 Å². The second-order valence-electron chi connectivity index (χ2n) is 8.98. The van der Waals surface area contributed by atoms with Crippen LogP contribution in [-0.2, 0) is 7.05 Å². The third-order valence-electron chi connectivity index (χ3n) is 7.33. The Labute approximate surface area is 150 Å². The summed E-state index contributed by atoms with van der Waals surface area (Å²) in [7, 11) is 1.96. The molecule has 0 unspecified atom stereocenters. The average Bonchev–Trinajstić information content (AvgIpc) is 3.00. The number of carbonyl (C=O) groups excluding carboxylic acids is 1. The highest BCUT2D eigenvalue weighted by Gasteiger charge is 2.48. The van der Waals surface area contributed by atoms with Gasteiger partial charge in [0.25, 0.3) is 5.91 Å². The number of anilines is 1. The van der Waals surface area contributed by atoms with Crippen LogP contribution in [0.15, 0.2) is 6.20 Å². The lowest BCUT2D eigenvalue weighted by atomic mass is 9.54. The highest BCUT2D eigenvalue weighted by molar-refractivity contribution is 5.99. The number of aryl methyl sites for hydroxylation is 1.